The summed E-state index contributed by atoms with van der Waals surface area (Å²) in [4.78, 5) is 24.6. The molecule has 2 N–H and O–H groups in total. The summed E-state index contributed by atoms with van der Waals surface area (Å²) in [5.41, 5.74) is 7.67. The molecule has 0 bridgehead atoms. The van der Waals surface area contributed by atoms with Gasteiger partial charge in [0.15, 0.2) is 0 Å². The third-order valence-corrected chi connectivity index (χ3v) is 4.48. The molecule has 4 nitrogen and oxygen atoms in total. The van der Waals surface area contributed by atoms with Crippen molar-refractivity contribution in [1.82, 2.24) is 10.9 Å². The number of carbonyl (C=O) groups excluding carboxylic acids is 2. The third kappa shape index (κ3) is 5.70. The zero-order chi connectivity index (χ0) is 17.5. The Balaban J connectivity index is 1.75. The van der Waals surface area contributed by atoms with Crippen LogP contribution in [0.4, 0.5) is 4.39 Å². The van der Waals surface area contributed by atoms with Gasteiger partial charge in [0, 0.05) is 4.90 Å². The Morgan fingerprint density at radius 3 is 2.38 bits per heavy atom. The van der Waals surface area contributed by atoms with Crippen LogP contribution in [0.25, 0.3) is 0 Å². The van der Waals surface area contributed by atoms with E-state index in [9.17, 15) is 14.0 Å². The molecule has 2 rings (SSSR count). The summed E-state index contributed by atoms with van der Waals surface area (Å²) in [7, 11) is 0. The molecule has 0 saturated heterocycles. The first kappa shape index (κ1) is 18.0. The Bertz CT molecular complexity index is 732. The van der Waals surface area contributed by atoms with Crippen LogP contribution in [0.15, 0.2) is 47.4 Å². The van der Waals surface area contributed by atoms with E-state index in [0.717, 1.165) is 16.0 Å². The third-order valence-electron chi connectivity index (χ3n) is 3.32. The van der Waals surface area contributed by atoms with Crippen molar-refractivity contribution in [1.29, 1.82) is 0 Å². The highest BCUT2D eigenvalue weighted by Gasteiger charge is 2.08. The Labute approximate surface area is 144 Å². The van der Waals surface area contributed by atoms with E-state index in [1.807, 2.05) is 32.0 Å². The number of rotatable bonds is 5. The zero-order valence-corrected chi connectivity index (χ0v) is 14.4. The Hall–Kier alpha value is -2.34. The van der Waals surface area contributed by atoms with Crippen LogP contribution in [0.3, 0.4) is 0 Å². The normalized spacial score (nSPS) is 10.3. The van der Waals surface area contributed by atoms with Gasteiger partial charge in [-0.05, 0) is 43.2 Å². The number of benzene rings is 2. The fraction of sp³-hybridized carbons (Fsp3) is 0.222. The van der Waals surface area contributed by atoms with Crippen molar-refractivity contribution in [3.05, 3.63) is 65.0 Å². The number of amides is 2. The summed E-state index contributed by atoms with van der Waals surface area (Å²) >= 11 is 1.42. The standard InChI is InChI=1S/C18H19FN2O2S/c1-12-3-4-13(2)16(9-12)24-11-18(23)21-20-17(22)10-14-5-7-15(19)8-6-14/h3-9H,10-11H2,1-2H3,(H,20,22)(H,21,23). The molecule has 0 aliphatic heterocycles. The summed E-state index contributed by atoms with van der Waals surface area (Å²) < 4.78 is 12.8. The fourth-order valence-electron chi connectivity index (χ4n) is 2.01. The van der Waals surface area contributed by atoms with Crippen molar-refractivity contribution in [3.63, 3.8) is 0 Å². The van der Waals surface area contributed by atoms with Crippen molar-refractivity contribution in [2.45, 2.75) is 25.2 Å². The van der Waals surface area contributed by atoms with E-state index >= 15 is 0 Å². The number of aryl methyl sites for hydroxylation is 2. The van der Waals surface area contributed by atoms with Crippen LogP contribution in [0.1, 0.15) is 16.7 Å². The van der Waals surface area contributed by atoms with Gasteiger partial charge in [0.05, 0.1) is 12.2 Å². The maximum Gasteiger partial charge on any atom is 0.248 e. The van der Waals surface area contributed by atoms with Crippen LogP contribution in [0, 0.1) is 19.7 Å². The van der Waals surface area contributed by atoms with E-state index in [-0.39, 0.29) is 29.8 Å². The van der Waals surface area contributed by atoms with Gasteiger partial charge in [-0.25, -0.2) is 4.39 Å². The lowest BCUT2D eigenvalue weighted by Crippen LogP contribution is -2.43. The number of carbonyl (C=O) groups is 2. The van der Waals surface area contributed by atoms with Crippen LogP contribution in [-0.2, 0) is 16.0 Å². The van der Waals surface area contributed by atoms with Crippen molar-refractivity contribution in [3.8, 4) is 0 Å². The molecule has 0 radical (unpaired) electrons. The van der Waals surface area contributed by atoms with E-state index in [0.29, 0.717) is 5.56 Å². The molecule has 2 aromatic carbocycles. The maximum absolute atomic E-state index is 12.8. The number of nitrogens with one attached hydrogen (secondary N) is 2. The minimum absolute atomic E-state index is 0.0741. The van der Waals surface area contributed by atoms with Gasteiger partial charge in [-0.1, -0.05) is 29.8 Å². The van der Waals surface area contributed by atoms with Crippen LogP contribution in [-0.4, -0.2) is 17.6 Å². The number of thioether (sulfide) groups is 1. The SMILES string of the molecule is Cc1ccc(C)c(SCC(=O)NNC(=O)Cc2ccc(F)cc2)c1. The number of hydrazine groups is 1. The number of halogens is 1. The van der Waals surface area contributed by atoms with Crippen LogP contribution >= 0.6 is 11.8 Å². The molecule has 0 aromatic heterocycles. The summed E-state index contributed by atoms with van der Waals surface area (Å²) in [5.74, 6) is -0.780. The molecule has 2 aromatic rings. The van der Waals surface area contributed by atoms with Gasteiger partial charge < -0.3 is 0 Å². The molecule has 0 fully saturated rings. The van der Waals surface area contributed by atoms with E-state index in [1.54, 1.807) is 0 Å². The van der Waals surface area contributed by atoms with Gasteiger partial charge in [0.25, 0.3) is 0 Å². The van der Waals surface area contributed by atoms with Crippen molar-refractivity contribution >= 4 is 23.6 Å². The van der Waals surface area contributed by atoms with Gasteiger partial charge in [0.2, 0.25) is 11.8 Å². The number of hydrogen-bond acceptors (Lipinski definition) is 3. The van der Waals surface area contributed by atoms with Crippen LogP contribution in [0.5, 0.6) is 0 Å². The first-order chi connectivity index (χ1) is 11.4. The molecule has 0 aliphatic carbocycles. The highest BCUT2D eigenvalue weighted by atomic mass is 32.2. The second-order valence-electron chi connectivity index (χ2n) is 5.46. The predicted octanol–water partition coefficient (Wildman–Crippen LogP) is 2.92. The predicted molar refractivity (Wildman–Crippen MR) is 93.0 cm³/mol. The molecule has 6 heteroatoms. The largest absolute Gasteiger partial charge is 0.273 e. The van der Waals surface area contributed by atoms with Gasteiger partial charge in [-0.15, -0.1) is 11.8 Å². The van der Waals surface area contributed by atoms with Gasteiger partial charge in [-0.2, -0.15) is 0 Å². The average Bonchev–Trinajstić information content (AvgIpc) is 2.56. The summed E-state index contributed by atoms with van der Waals surface area (Å²) in [6, 6.07) is 11.7. The van der Waals surface area contributed by atoms with Gasteiger partial charge in [-0.3, -0.25) is 20.4 Å². The average molecular weight is 346 g/mol. The van der Waals surface area contributed by atoms with Crippen molar-refractivity contribution < 1.29 is 14.0 Å². The maximum atomic E-state index is 12.8. The van der Waals surface area contributed by atoms with E-state index in [2.05, 4.69) is 10.9 Å². The first-order valence-electron chi connectivity index (χ1n) is 7.46. The van der Waals surface area contributed by atoms with Crippen LogP contribution < -0.4 is 10.9 Å². The van der Waals surface area contributed by atoms with Crippen LogP contribution in [0.2, 0.25) is 0 Å². The second kappa shape index (κ2) is 8.49. The molecular formula is C18H19FN2O2S. The monoisotopic (exact) mass is 346 g/mol. The molecule has 2 amide bonds. The molecule has 0 spiro atoms. The Morgan fingerprint density at radius 2 is 1.67 bits per heavy atom. The molecule has 0 unspecified atom stereocenters. The highest BCUT2D eigenvalue weighted by molar-refractivity contribution is 8.00. The Morgan fingerprint density at radius 1 is 1.00 bits per heavy atom. The van der Waals surface area contributed by atoms with Crippen molar-refractivity contribution in [2.24, 2.45) is 0 Å². The van der Waals surface area contributed by atoms with E-state index in [1.165, 1.54) is 36.0 Å². The molecule has 0 atom stereocenters. The molecule has 126 valence electrons. The summed E-state index contributed by atoms with van der Waals surface area (Å²) in [5, 5.41) is 0. The van der Waals surface area contributed by atoms with Crippen molar-refractivity contribution in [2.75, 3.05) is 5.75 Å². The lowest BCUT2D eigenvalue weighted by atomic mass is 10.1. The van der Waals surface area contributed by atoms with Gasteiger partial charge in [0.1, 0.15) is 5.82 Å². The second-order valence-corrected chi connectivity index (χ2v) is 6.47. The zero-order valence-electron chi connectivity index (χ0n) is 13.6. The molecule has 0 aliphatic rings. The lowest BCUT2D eigenvalue weighted by molar-refractivity contribution is -0.127. The molecule has 0 heterocycles. The molecule has 0 saturated carbocycles. The topological polar surface area (TPSA) is 58.2 Å². The minimum Gasteiger partial charge on any atom is -0.273 e. The minimum atomic E-state index is -0.355. The fourth-order valence-corrected chi connectivity index (χ4v) is 2.94. The molecule has 24 heavy (non-hydrogen) atoms. The van der Waals surface area contributed by atoms with Gasteiger partial charge >= 0.3 is 0 Å². The first-order valence-corrected chi connectivity index (χ1v) is 8.45. The quantitative estimate of drug-likeness (QED) is 0.646. The van der Waals surface area contributed by atoms with E-state index < -0.39 is 0 Å². The number of hydrogen-bond donors (Lipinski definition) is 2. The summed E-state index contributed by atoms with van der Waals surface area (Å²) in [6.07, 6.45) is 0.0741. The Kier molecular flexibility index (Phi) is 6.37. The van der Waals surface area contributed by atoms with E-state index in [4.69, 9.17) is 0 Å². The lowest BCUT2D eigenvalue weighted by Gasteiger charge is -2.09. The highest BCUT2D eigenvalue weighted by Crippen LogP contribution is 2.23. The smallest absolute Gasteiger partial charge is 0.248 e. The molecular weight excluding hydrogens is 327 g/mol. The summed E-state index contributed by atoms with van der Waals surface area (Å²) in [6.45, 7) is 3.99.